The molecule has 1 saturated carbocycles. The topological polar surface area (TPSA) is 20.2 Å². The SMILES string of the molecule is Cc1c(Cl)cccc1C(O)C1CCCCC1. The Morgan fingerprint density at radius 3 is 2.62 bits per heavy atom. The molecule has 88 valence electrons. The van der Waals surface area contributed by atoms with E-state index in [1.807, 2.05) is 25.1 Å². The Labute approximate surface area is 102 Å². The van der Waals surface area contributed by atoms with Gasteiger partial charge in [-0.25, -0.2) is 0 Å². The Kier molecular flexibility index (Phi) is 3.88. The highest BCUT2D eigenvalue weighted by molar-refractivity contribution is 6.31. The molecular formula is C14H19ClO. The molecule has 0 spiro atoms. The van der Waals surface area contributed by atoms with E-state index in [1.165, 1.54) is 19.3 Å². The first-order valence-corrected chi connectivity index (χ1v) is 6.51. The van der Waals surface area contributed by atoms with Crippen molar-refractivity contribution in [3.8, 4) is 0 Å². The summed E-state index contributed by atoms with van der Waals surface area (Å²) in [6.45, 7) is 1.99. The fourth-order valence-corrected chi connectivity index (χ4v) is 2.83. The van der Waals surface area contributed by atoms with Crippen molar-refractivity contribution in [3.05, 3.63) is 34.3 Å². The number of hydrogen-bond donors (Lipinski definition) is 1. The number of benzene rings is 1. The van der Waals surface area contributed by atoms with Crippen molar-refractivity contribution in [3.63, 3.8) is 0 Å². The normalized spacial score (nSPS) is 19.7. The quantitative estimate of drug-likeness (QED) is 0.816. The smallest absolute Gasteiger partial charge is 0.0821 e. The largest absolute Gasteiger partial charge is 0.388 e. The Hall–Kier alpha value is -0.530. The Balaban J connectivity index is 2.19. The van der Waals surface area contributed by atoms with Gasteiger partial charge in [0.05, 0.1) is 6.10 Å². The van der Waals surface area contributed by atoms with E-state index in [4.69, 9.17) is 11.6 Å². The molecular weight excluding hydrogens is 220 g/mol. The first kappa shape index (κ1) is 11.9. The highest BCUT2D eigenvalue weighted by Gasteiger charge is 2.24. The van der Waals surface area contributed by atoms with Crippen molar-refractivity contribution in [1.82, 2.24) is 0 Å². The first-order chi connectivity index (χ1) is 7.70. The lowest BCUT2D eigenvalue weighted by molar-refractivity contribution is 0.0843. The van der Waals surface area contributed by atoms with Gasteiger partial charge in [0.25, 0.3) is 0 Å². The predicted molar refractivity (Wildman–Crippen MR) is 67.7 cm³/mol. The maximum absolute atomic E-state index is 10.4. The molecule has 0 radical (unpaired) electrons. The van der Waals surface area contributed by atoms with Gasteiger partial charge in [0.15, 0.2) is 0 Å². The molecule has 2 heteroatoms. The molecule has 1 nitrogen and oxygen atoms in total. The molecule has 1 atom stereocenters. The van der Waals surface area contributed by atoms with Crippen LogP contribution in [0.5, 0.6) is 0 Å². The van der Waals surface area contributed by atoms with Gasteiger partial charge in [0.1, 0.15) is 0 Å². The third-order valence-corrected chi connectivity index (χ3v) is 4.13. The van der Waals surface area contributed by atoms with Crippen LogP contribution >= 0.6 is 11.6 Å². The molecule has 1 N–H and O–H groups in total. The van der Waals surface area contributed by atoms with Gasteiger partial charge in [-0.2, -0.15) is 0 Å². The molecule has 1 aromatic rings. The monoisotopic (exact) mass is 238 g/mol. The fraction of sp³-hybridized carbons (Fsp3) is 0.571. The van der Waals surface area contributed by atoms with Crippen molar-refractivity contribution in [2.24, 2.45) is 5.92 Å². The van der Waals surface area contributed by atoms with E-state index in [9.17, 15) is 5.11 Å². The summed E-state index contributed by atoms with van der Waals surface area (Å²) >= 11 is 6.09. The summed E-state index contributed by atoms with van der Waals surface area (Å²) in [5.74, 6) is 0.422. The highest BCUT2D eigenvalue weighted by Crippen LogP contribution is 2.36. The molecule has 0 aliphatic heterocycles. The molecule has 2 rings (SSSR count). The molecule has 1 unspecified atom stereocenters. The number of hydrogen-bond acceptors (Lipinski definition) is 1. The Bertz CT molecular complexity index is 356. The molecule has 0 bridgehead atoms. The summed E-state index contributed by atoms with van der Waals surface area (Å²) in [7, 11) is 0. The van der Waals surface area contributed by atoms with E-state index >= 15 is 0 Å². The third-order valence-electron chi connectivity index (χ3n) is 3.72. The third kappa shape index (κ3) is 2.41. The summed E-state index contributed by atoms with van der Waals surface area (Å²) in [6.07, 6.45) is 5.78. The standard InChI is InChI=1S/C14H19ClO/c1-10-12(8-5-9-13(10)15)14(16)11-6-3-2-4-7-11/h5,8-9,11,14,16H,2-4,6-7H2,1H3. The molecule has 1 aliphatic rings. The minimum absolute atomic E-state index is 0.334. The van der Waals surface area contributed by atoms with Crippen LogP contribution in [0, 0.1) is 12.8 Å². The van der Waals surface area contributed by atoms with E-state index < -0.39 is 0 Å². The number of aliphatic hydroxyl groups excluding tert-OH is 1. The van der Waals surface area contributed by atoms with Crippen LogP contribution in [-0.4, -0.2) is 5.11 Å². The lowest BCUT2D eigenvalue weighted by atomic mass is 9.82. The molecule has 1 aliphatic carbocycles. The van der Waals surface area contributed by atoms with Crippen LogP contribution in [-0.2, 0) is 0 Å². The van der Waals surface area contributed by atoms with Crippen molar-refractivity contribution >= 4 is 11.6 Å². The molecule has 0 saturated heterocycles. The average Bonchev–Trinajstić information content (AvgIpc) is 2.33. The van der Waals surface area contributed by atoms with E-state index in [0.717, 1.165) is 29.0 Å². The molecule has 0 heterocycles. The second-order valence-corrected chi connectivity index (χ2v) is 5.20. The number of halogens is 1. The summed E-state index contributed by atoms with van der Waals surface area (Å²) in [6, 6.07) is 5.81. The van der Waals surface area contributed by atoms with Crippen LogP contribution in [0.15, 0.2) is 18.2 Å². The zero-order valence-corrected chi connectivity index (χ0v) is 10.5. The summed E-state index contributed by atoms with van der Waals surface area (Å²) in [4.78, 5) is 0. The van der Waals surface area contributed by atoms with Gasteiger partial charge in [-0.1, -0.05) is 43.0 Å². The van der Waals surface area contributed by atoms with Gasteiger partial charge in [-0.15, -0.1) is 0 Å². The van der Waals surface area contributed by atoms with E-state index in [-0.39, 0.29) is 6.10 Å². The summed E-state index contributed by atoms with van der Waals surface area (Å²) < 4.78 is 0. The van der Waals surface area contributed by atoms with Gasteiger partial charge in [0.2, 0.25) is 0 Å². The van der Waals surface area contributed by atoms with Crippen molar-refractivity contribution < 1.29 is 5.11 Å². The summed E-state index contributed by atoms with van der Waals surface area (Å²) in [5, 5.41) is 11.1. The fourth-order valence-electron chi connectivity index (χ4n) is 2.65. The maximum Gasteiger partial charge on any atom is 0.0821 e. The van der Waals surface area contributed by atoms with Crippen LogP contribution in [0.1, 0.15) is 49.3 Å². The number of rotatable bonds is 2. The van der Waals surface area contributed by atoms with Crippen molar-refractivity contribution in [2.75, 3.05) is 0 Å². The van der Waals surface area contributed by atoms with Gasteiger partial charge in [-0.3, -0.25) is 0 Å². The lowest BCUT2D eigenvalue weighted by Gasteiger charge is -2.27. The molecule has 1 fully saturated rings. The first-order valence-electron chi connectivity index (χ1n) is 6.13. The van der Waals surface area contributed by atoms with Crippen LogP contribution in [0.3, 0.4) is 0 Å². The minimum Gasteiger partial charge on any atom is -0.388 e. The van der Waals surface area contributed by atoms with Crippen molar-refractivity contribution in [2.45, 2.75) is 45.1 Å². The molecule has 16 heavy (non-hydrogen) atoms. The zero-order chi connectivity index (χ0) is 11.5. The second kappa shape index (κ2) is 5.20. The van der Waals surface area contributed by atoms with E-state index in [2.05, 4.69) is 0 Å². The van der Waals surface area contributed by atoms with Gasteiger partial charge >= 0.3 is 0 Å². The molecule has 0 aromatic heterocycles. The van der Waals surface area contributed by atoms with Gasteiger partial charge < -0.3 is 5.11 Å². The molecule has 1 aromatic carbocycles. The molecule has 0 amide bonds. The van der Waals surface area contributed by atoms with Crippen LogP contribution in [0.4, 0.5) is 0 Å². The lowest BCUT2D eigenvalue weighted by Crippen LogP contribution is -2.16. The zero-order valence-electron chi connectivity index (χ0n) is 9.75. The average molecular weight is 239 g/mol. The van der Waals surface area contributed by atoms with Crippen molar-refractivity contribution in [1.29, 1.82) is 0 Å². The van der Waals surface area contributed by atoms with Gasteiger partial charge in [0, 0.05) is 5.02 Å². The van der Waals surface area contributed by atoms with Crippen LogP contribution in [0.2, 0.25) is 5.02 Å². The number of aliphatic hydroxyl groups is 1. The van der Waals surface area contributed by atoms with Crippen LogP contribution < -0.4 is 0 Å². The van der Waals surface area contributed by atoms with Gasteiger partial charge in [-0.05, 0) is 42.9 Å². The predicted octanol–water partition coefficient (Wildman–Crippen LogP) is 4.26. The Morgan fingerprint density at radius 1 is 1.25 bits per heavy atom. The van der Waals surface area contributed by atoms with E-state index in [1.54, 1.807) is 0 Å². The minimum atomic E-state index is -0.334. The van der Waals surface area contributed by atoms with E-state index in [0.29, 0.717) is 5.92 Å². The maximum atomic E-state index is 10.4. The highest BCUT2D eigenvalue weighted by atomic mass is 35.5. The second-order valence-electron chi connectivity index (χ2n) is 4.80. The Morgan fingerprint density at radius 2 is 1.94 bits per heavy atom. The van der Waals surface area contributed by atoms with Crippen LogP contribution in [0.25, 0.3) is 0 Å². The summed E-state index contributed by atoms with van der Waals surface area (Å²) in [5.41, 5.74) is 2.04.